The zero-order valence-corrected chi connectivity index (χ0v) is 16.0. The molecule has 4 rings (SSSR count). The Morgan fingerprint density at radius 3 is 2.64 bits per heavy atom. The Morgan fingerprint density at radius 1 is 1.14 bits per heavy atom. The third-order valence-corrected chi connectivity index (χ3v) is 5.52. The maximum Gasteiger partial charge on any atom is 0.227 e. The van der Waals surface area contributed by atoms with Crippen LogP contribution in [0.3, 0.4) is 0 Å². The van der Waals surface area contributed by atoms with E-state index in [1.807, 2.05) is 13.1 Å². The number of hydrogen-bond donors (Lipinski definition) is 0. The molecule has 150 valence electrons. The van der Waals surface area contributed by atoms with Gasteiger partial charge >= 0.3 is 0 Å². The highest BCUT2D eigenvalue weighted by Gasteiger charge is 2.28. The topological polar surface area (TPSA) is 44.7 Å². The van der Waals surface area contributed by atoms with Gasteiger partial charge in [0.15, 0.2) is 0 Å². The van der Waals surface area contributed by atoms with Gasteiger partial charge in [-0.1, -0.05) is 6.07 Å². The van der Waals surface area contributed by atoms with Crippen LogP contribution in [-0.4, -0.2) is 67.4 Å². The summed E-state index contributed by atoms with van der Waals surface area (Å²) in [7, 11) is 2.02. The molecule has 28 heavy (non-hydrogen) atoms. The molecule has 0 N–H and O–H groups in total. The molecule has 2 aliphatic heterocycles. The van der Waals surface area contributed by atoms with E-state index >= 15 is 0 Å². The number of rotatable bonds is 5. The Labute approximate surface area is 163 Å². The fourth-order valence-corrected chi connectivity index (χ4v) is 3.82. The Bertz CT molecular complexity index is 795. The number of nitrogens with zero attached hydrogens (tertiary/aromatic N) is 5. The van der Waals surface area contributed by atoms with Crippen LogP contribution in [0.25, 0.3) is 0 Å². The minimum absolute atomic E-state index is 0.141. The van der Waals surface area contributed by atoms with Crippen LogP contribution in [0.15, 0.2) is 30.5 Å². The second-order valence-electron chi connectivity index (χ2n) is 7.30. The minimum atomic E-state index is -0.484. The van der Waals surface area contributed by atoms with Gasteiger partial charge in [0.1, 0.15) is 17.5 Å². The van der Waals surface area contributed by atoms with Crippen molar-refractivity contribution in [1.29, 1.82) is 0 Å². The van der Waals surface area contributed by atoms with Crippen molar-refractivity contribution in [3.63, 3.8) is 0 Å². The Morgan fingerprint density at radius 2 is 1.89 bits per heavy atom. The summed E-state index contributed by atoms with van der Waals surface area (Å²) in [6, 6.07) is 6.17. The van der Waals surface area contributed by atoms with E-state index in [-0.39, 0.29) is 18.2 Å². The SMILES string of the molecule is CN(c1ccnc(N2CCOCC2)n1)C1CCN(Cc2c(F)cccc2F)C1. The van der Waals surface area contributed by atoms with Crippen LogP contribution in [0.4, 0.5) is 20.5 Å². The van der Waals surface area contributed by atoms with Crippen molar-refractivity contribution < 1.29 is 13.5 Å². The van der Waals surface area contributed by atoms with Crippen molar-refractivity contribution in [2.75, 3.05) is 56.2 Å². The fourth-order valence-electron chi connectivity index (χ4n) is 3.82. The number of halogens is 2. The molecule has 2 aromatic rings. The van der Waals surface area contributed by atoms with Crippen molar-refractivity contribution >= 4 is 11.8 Å². The number of anilines is 2. The molecule has 8 heteroatoms. The summed E-state index contributed by atoms with van der Waals surface area (Å²) in [5.41, 5.74) is 0.141. The molecule has 3 heterocycles. The molecule has 0 aliphatic carbocycles. The lowest BCUT2D eigenvalue weighted by atomic mass is 10.2. The Balaban J connectivity index is 1.41. The molecular weight excluding hydrogens is 364 g/mol. The maximum absolute atomic E-state index is 13.9. The summed E-state index contributed by atoms with van der Waals surface area (Å²) in [5, 5.41) is 0. The summed E-state index contributed by atoms with van der Waals surface area (Å²) in [5.74, 6) is 0.613. The van der Waals surface area contributed by atoms with Crippen molar-refractivity contribution in [3.05, 3.63) is 47.7 Å². The van der Waals surface area contributed by atoms with Crippen LogP contribution in [0.1, 0.15) is 12.0 Å². The van der Waals surface area contributed by atoms with Gasteiger partial charge in [0.2, 0.25) is 5.95 Å². The summed E-state index contributed by atoms with van der Waals surface area (Å²) >= 11 is 0. The van der Waals surface area contributed by atoms with Gasteiger partial charge in [-0.2, -0.15) is 4.98 Å². The van der Waals surface area contributed by atoms with Crippen LogP contribution in [0.5, 0.6) is 0 Å². The monoisotopic (exact) mass is 389 g/mol. The van der Waals surface area contributed by atoms with E-state index in [1.54, 1.807) is 6.20 Å². The molecule has 2 aliphatic rings. The van der Waals surface area contributed by atoms with Crippen LogP contribution < -0.4 is 9.80 Å². The first-order chi connectivity index (χ1) is 13.6. The smallest absolute Gasteiger partial charge is 0.227 e. The van der Waals surface area contributed by atoms with Crippen molar-refractivity contribution in [2.45, 2.75) is 19.0 Å². The van der Waals surface area contributed by atoms with Crippen LogP contribution >= 0.6 is 0 Å². The molecule has 0 spiro atoms. The fraction of sp³-hybridized carbons (Fsp3) is 0.500. The first-order valence-electron chi connectivity index (χ1n) is 9.65. The lowest BCUT2D eigenvalue weighted by Gasteiger charge is -2.29. The van der Waals surface area contributed by atoms with Gasteiger partial charge in [-0.25, -0.2) is 13.8 Å². The summed E-state index contributed by atoms with van der Waals surface area (Å²) in [4.78, 5) is 15.5. The Kier molecular flexibility index (Phi) is 5.68. The predicted octanol–water partition coefficient (Wildman–Crippen LogP) is 2.30. The van der Waals surface area contributed by atoms with Gasteiger partial charge in [-0.3, -0.25) is 4.90 Å². The number of benzene rings is 1. The molecule has 2 saturated heterocycles. The highest BCUT2D eigenvalue weighted by molar-refractivity contribution is 5.44. The van der Waals surface area contributed by atoms with E-state index in [0.29, 0.717) is 13.2 Å². The van der Waals surface area contributed by atoms with Crippen LogP contribution in [-0.2, 0) is 11.3 Å². The molecule has 1 aromatic heterocycles. The van der Waals surface area contributed by atoms with E-state index < -0.39 is 11.6 Å². The van der Waals surface area contributed by atoms with E-state index in [2.05, 4.69) is 19.7 Å². The quantitative estimate of drug-likeness (QED) is 0.782. The van der Waals surface area contributed by atoms with Gasteiger partial charge in [0.05, 0.1) is 13.2 Å². The van der Waals surface area contributed by atoms with Gasteiger partial charge < -0.3 is 14.5 Å². The van der Waals surface area contributed by atoms with Gasteiger partial charge in [0, 0.05) is 57.6 Å². The molecule has 1 atom stereocenters. The summed E-state index contributed by atoms with van der Waals surface area (Å²) in [6.07, 6.45) is 2.70. The van der Waals surface area contributed by atoms with E-state index in [1.165, 1.54) is 18.2 Å². The second-order valence-corrected chi connectivity index (χ2v) is 7.30. The molecule has 1 aromatic carbocycles. The number of hydrogen-bond acceptors (Lipinski definition) is 6. The van der Waals surface area contributed by atoms with Crippen LogP contribution in [0, 0.1) is 11.6 Å². The Hall–Kier alpha value is -2.32. The molecule has 2 fully saturated rings. The normalized spacial score (nSPS) is 20.5. The molecular formula is C20H25F2N5O. The molecule has 0 radical (unpaired) electrons. The third-order valence-electron chi connectivity index (χ3n) is 5.52. The lowest BCUT2D eigenvalue weighted by molar-refractivity contribution is 0.122. The molecule has 1 unspecified atom stereocenters. The third kappa shape index (κ3) is 4.07. The minimum Gasteiger partial charge on any atom is -0.378 e. The molecule has 6 nitrogen and oxygen atoms in total. The van der Waals surface area contributed by atoms with E-state index in [4.69, 9.17) is 9.72 Å². The number of ether oxygens (including phenoxy) is 1. The molecule has 0 saturated carbocycles. The average molecular weight is 389 g/mol. The number of morpholine rings is 1. The highest BCUT2D eigenvalue weighted by Crippen LogP contribution is 2.24. The first kappa shape index (κ1) is 19.0. The zero-order valence-electron chi connectivity index (χ0n) is 16.0. The second kappa shape index (κ2) is 8.36. The molecule has 0 bridgehead atoms. The van der Waals surface area contributed by atoms with Crippen molar-refractivity contribution in [3.8, 4) is 0 Å². The predicted molar refractivity (Wildman–Crippen MR) is 104 cm³/mol. The zero-order chi connectivity index (χ0) is 19.5. The first-order valence-corrected chi connectivity index (χ1v) is 9.65. The van der Waals surface area contributed by atoms with E-state index in [9.17, 15) is 8.78 Å². The van der Waals surface area contributed by atoms with Crippen molar-refractivity contribution in [2.24, 2.45) is 0 Å². The number of likely N-dealkylation sites (N-methyl/N-ethyl adjacent to an activating group) is 1. The maximum atomic E-state index is 13.9. The van der Waals surface area contributed by atoms with Gasteiger partial charge in [-0.15, -0.1) is 0 Å². The largest absolute Gasteiger partial charge is 0.378 e. The van der Waals surface area contributed by atoms with Gasteiger partial charge in [-0.05, 0) is 24.6 Å². The number of aromatic nitrogens is 2. The highest BCUT2D eigenvalue weighted by atomic mass is 19.1. The van der Waals surface area contributed by atoms with Gasteiger partial charge in [0.25, 0.3) is 0 Å². The van der Waals surface area contributed by atoms with Crippen molar-refractivity contribution in [1.82, 2.24) is 14.9 Å². The lowest BCUT2D eigenvalue weighted by Crippen LogP contribution is -2.38. The number of likely N-dealkylation sites (tertiary alicyclic amines) is 1. The average Bonchev–Trinajstić information content (AvgIpc) is 3.20. The molecule has 0 amide bonds. The summed E-state index contributed by atoms with van der Waals surface area (Å²) in [6.45, 7) is 4.77. The standard InChI is InChI=1S/C20H25F2N5O/c1-25(19-5-7-23-20(24-19)27-9-11-28-12-10-27)15-6-8-26(13-15)14-16-17(21)3-2-4-18(16)22/h2-5,7,15H,6,8-14H2,1H3. The van der Waals surface area contributed by atoms with Crippen LogP contribution in [0.2, 0.25) is 0 Å². The van der Waals surface area contributed by atoms with E-state index in [0.717, 1.165) is 44.4 Å². The summed E-state index contributed by atoms with van der Waals surface area (Å²) < 4.78 is 33.3.